The average Bonchev–Trinajstić information content (AvgIpc) is 3.07. The summed E-state index contributed by atoms with van der Waals surface area (Å²) >= 11 is 0. The summed E-state index contributed by atoms with van der Waals surface area (Å²) in [6.45, 7) is 14.5. The Morgan fingerprint density at radius 3 is 2.08 bits per heavy atom. The van der Waals surface area contributed by atoms with Gasteiger partial charge in [-0.1, -0.05) is 59.6 Å². The molecule has 268 valence electrons. The lowest BCUT2D eigenvalue weighted by Crippen LogP contribution is -2.38. The summed E-state index contributed by atoms with van der Waals surface area (Å²) in [4.78, 5) is 9.27. The monoisotopic (exact) mass is 694 g/mol. The maximum Gasteiger partial charge on any atom is 0.534 e. The van der Waals surface area contributed by atoms with Crippen molar-refractivity contribution in [3.05, 3.63) is 89.4 Å². The molecule has 1 aliphatic rings. The largest absolute Gasteiger partial charge is 0.534 e. The lowest BCUT2D eigenvalue weighted by molar-refractivity contribution is 0.421. The molecule has 0 radical (unpaired) electrons. The zero-order valence-electron chi connectivity index (χ0n) is 30.7. The van der Waals surface area contributed by atoms with Crippen LogP contribution in [-0.4, -0.2) is 63.5 Å². The number of aliphatic imine (C=N–C) groups is 2. The molecule has 0 saturated heterocycles. The molecule has 1 aliphatic carbocycles. The standard InChI is InChI=1S/C38H50B3FN4O5/c1-8-19-37(5,6)26-11-15-34(31(22-26)40(48)49)45-29-13-17-35(32(24-29)41(50)51)44-27-12-16-33(25(4)21-27)43-28-14-18-36(30(23-28)39(42)47)46-38(7,10-3)20-9-2/h11-18,21-24,43,46-51H,8-10,19-20H2,1-7H3. The number of anilines is 3. The van der Waals surface area contributed by atoms with Crippen LogP contribution in [0.3, 0.4) is 0 Å². The molecule has 0 heterocycles. The molecule has 9 nitrogen and oxygen atoms in total. The summed E-state index contributed by atoms with van der Waals surface area (Å²) in [5.41, 5.74) is 5.52. The summed E-state index contributed by atoms with van der Waals surface area (Å²) in [5, 5.41) is 57.5. The number of rotatable bonds is 15. The van der Waals surface area contributed by atoms with Gasteiger partial charge in [-0.15, -0.1) is 0 Å². The van der Waals surface area contributed by atoms with Gasteiger partial charge in [0, 0.05) is 39.0 Å². The zero-order chi connectivity index (χ0) is 37.5. The summed E-state index contributed by atoms with van der Waals surface area (Å²) in [7, 11) is -5.72. The first-order valence-corrected chi connectivity index (χ1v) is 17.7. The Balaban J connectivity index is 1.58. The smallest absolute Gasteiger partial charge is 0.423 e. The van der Waals surface area contributed by atoms with Gasteiger partial charge in [0.1, 0.15) is 0 Å². The number of nitrogens with one attached hydrogen (secondary N) is 2. The molecule has 1 unspecified atom stereocenters. The maximum absolute atomic E-state index is 14.4. The van der Waals surface area contributed by atoms with Crippen LogP contribution in [0.1, 0.15) is 84.8 Å². The Kier molecular flexibility index (Phi) is 13.3. The molecule has 0 bridgehead atoms. The van der Waals surface area contributed by atoms with Crippen LogP contribution < -0.4 is 21.6 Å². The molecule has 3 aromatic rings. The highest BCUT2D eigenvalue weighted by atomic mass is 19.1. The molecule has 4 rings (SSSR count). The number of benzene rings is 3. The predicted molar refractivity (Wildman–Crippen MR) is 213 cm³/mol. The van der Waals surface area contributed by atoms with Crippen LogP contribution in [0.4, 0.5) is 32.8 Å². The van der Waals surface area contributed by atoms with Crippen molar-refractivity contribution in [2.24, 2.45) is 9.98 Å². The van der Waals surface area contributed by atoms with Gasteiger partial charge in [0.2, 0.25) is 0 Å². The van der Waals surface area contributed by atoms with Crippen LogP contribution in [0.5, 0.6) is 0 Å². The van der Waals surface area contributed by atoms with Crippen LogP contribution in [-0.2, 0) is 5.41 Å². The van der Waals surface area contributed by atoms with E-state index in [1.165, 1.54) is 6.08 Å². The molecule has 0 amide bonds. The van der Waals surface area contributed by atoms with Crippen LogP contribution >= 0.6 is 0 Å². The second kappa shape index (κ2) is 17.0. The molecule has 51 heavy (non-hydrogen) atoms. The lowest BCUT2D eigenvalue weighted by Gasteiger charge is -2.32. The highest BCUT2D eigenvalue weighted by Crippen LogP contribution is 2.31. The van der Waals surface area contributed by atoms with E-state index >= 15 is 0 Å². The van der Waals surface area contributed by atoms with E-state index in [4.69, 9.17) is 0 Å². The van der Waals surface area contributed by atoms with E-state index in [9.17, 15) is 29.4 Å². The summed E-state index contributed by atoms with van der Waals surface area (Å²) in [6.07, 6.45) is 9.46. The molecule has 0 spiro atoms. The van der Waals surface area contributed by atoms with Gasteiger partial charge < -0.3 is 35.8 Å². The molecule has 13 heteroatoms. The first-order valence-electron chi connectivity index (χ1n) is 17.7. The number of aryl methyl sites for hydroxylation is 1. The van der Waals surface area contributed by atoms with Gasteiger partial charge in [-0.25, -0.2) is 9.98 Å². The van der Waals surface area contributed by atoms with Gasteiger partial charge in [0.25, 0.3) is 0 Å². The predicted octanol–water partition coefficient (Wildman–Crippen LogP) is 5.89. The van der Waals surface area contributed by atoms with Crippen molar-refractivity contribution in [1.82, 2.24) is 0 Å². The van der Waals surface area contributed by atoms with Crippen molar-refractivity contribution in [1.29, 1.82) is 0 Å². The maximum atomic E-state index is 14.4. The molecule has 7 N–H and O–H groups in total. The summed E-state index contributed by atoms with van der Waals surface area (Å²) in [6, 6.07) is 16.1. The van der Waals surface area contributed by atoms with Crippen molar-refractivity contribution < 1.29 is 29.4 Å². The van der Waals surface area contributed by atoms with E-state index in [1.807, 2.05) is 31.2 Å². The number of halogens is 1. The number of hydrogen-bond donors (Lipinski definition) is 7. The molecule has 1 atom stereocenters. The van der Waals surface area contributed by atoms with Crippen molar-refractivity contribution >= 4 is 72.2 Å². The molecule has 0 aromatic heterocycles. The van der Waals surface area contributed by atoms with Gasteiger partial charge in [0.15, 0.2) is 0 Å². The Morgan fingerprint density at radius 2 is 1.47 bits per heavy atom. The van der Waals surface area contributed by atoms with E-state index in [0.717, 1.165) is 48.9 Å². The fourth-order valence-electron chi connectivity index (χ4n) is 6.42. The Hall–Kier alpha value is -4.00. The van der Waals surface area contributed by atoms with Crippen molar-refractivity contribution in [2.75, 3.05) is 10.6 Å². The van der Waals surface area contributed by atoms with Gasteiger partial charge in [-0.05, 0) is 110 Å². The Bertz CT molecular complexity index is 1830. The van der Waals surface area contributed by atoms with E-state index in [-0.39, 0.29) is 27.4 Å². The minimum atomic E-state index is -2.15. The van der Waals surface area contributed by atoms with Gasteiger partial charge >= 0.3 is 21.4 Å². The molecule has 0 aliphatic heterocycles. The van der Waals surface area contributed by atoms with Crippen LogP contribution in [0.25, 0.3) is 0 Å². The topological polar surface area (TPSA) is 150 Å². The second-order valence-electron chi connectivity index (χ2n) is 14.2. The van der Waals surface area contributed by atoms with Crippen LogP contribution in [0.2, 0.25) is 0 Å². The normalized spacial score (nSPS) is 15.8. The van der Waals surface area contributed by atoms with Crippen LogP contribution in [0.15, 0.2) is 88.3 Å². The Morgan fingerprint density at radius 1 is 0.765 bits per heavy atom. The average molecular weight is 694 g/mol. The third-order valence-electron chi connectivity index (χ3n) is 9.57. The highest BCUT2D eigenvalue weighted by Gasteiger charge is 2.27. The minimum Gasteiger partial charge on any atom is -0.423 e. The summed E-state index contributed by atoms with van der Waals surface area (Å²) in [5.74, 6) is 0. The number of nitrogens with zero attached hydrogens (tertiary/aromatic N) is 2. The summed E-state index contributed by atoms with van der Waals surface area (Å²) < 4.78 is 14.4. The van der Waals surface area contributed by atoms with Crippen LogP contribution in [0, 0.1) is 6.92 Å². The van der Waals surface area contributed by atoms with E-state index in [1.54, 1.807) is 42.5 Å². The van der Waals surface area contributed by atoms with E-state index < -0.39 is 21.4 Å². The lowest BCUT2D eigenvalue weighted by atomic mass is 9.73. The first-order chi connectivity index (χ1) is 24.1. The highest BCUT2D eigenvalue weighted by molar-refractivity contribution is 6.62. The zero-order valence-corrected chi connectivity index (χ0v) is 30.7. The quantitative estimate of drug-likeness (QED) is 0.0776. The van der Waals surface area contributed by atoms with Crippen molar-refractivity contribution in [3.63, 3.8) is 0 Å². The van der Waals surface area contributed by atoms with Crippen molar-refractivity contribution in [2.45, 2.75) is 91.5 Å². The van der Waals surface area contributed by atoms with Crippen molar-refractivity contribution in [3.8, 4) is 0 Å². The van der Waals surface area contributed by atoms with Gasteiger partial charge in [0.05, 0.1) is 22.8 Å². The first kappa shape index (κ1) is 39.8. The van der Waals surface area contributed by atoms with Gasteiger partial charge in [-0.2, -0.15) is 0 Å². The molecule has 3 aromatic carbocycles. The SMILES string of the molecule is CCCC(C)(CC)Nc1ccc(Nc2ccc(N=C3C=CC(=Nc4ccc(C(C)(C)CCC)cc4B(O)O)C=C3B(O)O)cc2C)cc1B(O)F. The third-order valence-corrected chi connectivity index (χ3v) is 9.57. The number of allylic oxidation sites excluding steroid dienone is 4. The molecular weight excluding hydrogens is 644 g/mol. The second-order valence-corrected chi connectivity index (χ2v) is 14.2. The molecular formula is C38H50B3FN4O5. The van der Waals surface area contributed by atoms with Gasteiger partial charge in [-0.3, -0.25) is 4.32 Å². The minimum absolute atomic E-state index is 0.131. The molecule has 0 fully saturated rings. The molecule has 0 saturated carbocycles. The van der Waals surface area contributed by atoms with E-state index in [2.05, 4.69) is 62.2 Å². The third kappa shape index (κ3) is 10.1. The number of hydrogen-bond acceptors (Lipinski definition) is 9. The van der Waals surface area contributed by atoms with E-state index in [0.29, 0.717) is 34.2 Å². The fourth-order valence-corrected chi connectivity index (χ4v) is 6.42. The Labute approximate surface area is 302 Å². The fraction of sp³-hybridized carbons (Fsp3) is 0.368.